The molecule has 0 amide bonds. The van der Waals surface area contributed by atoms with E-state index in [1.807, 2.05) is 0 Å². The average molecular weight is 368 g/mol. The lowest BCUT2D eigenvalue weighted by atomic mass is 9.86. The monoisotopic (exact) mass is 366 g/mol. The van der Waals surface area contributed by atoms with Crippen molar-refractivity contribution in [1.29, 1.82) is 0 Å². The van der Waals surface area contributed by atoms with Crippen molar-refractivity contribution in [3.8, 4) is 5.75 Å². The Morgan fingerprint density at radius 1 is 1.29 bits per heavy atom. The Hall–Kier alpha value is -0.0900. The van der Waals surface area contributed by atoms with Crippen molar-refractivity contribution >= 4 is 31.9 Å². The first-order valence-corrected chi connectivity index (χ1v) is 7.62. The standard InChI is InChI=1S/C13H17Br2FO/c1-3-13(4-2,8-14)9-17-12-7-10(15)5-6-11(12)16/h5-7H,3-4,8-9H2,1-2H3. The molecule has 4 heteroatoms. The van der Waals surface area contributed by atoms with Gasteiger partial charge in [-0.3, -0.25) is 0 Å². The molecule has 1 aromatic rings. The summed E-state index contributed by atoms with van der Waals surface area (Å²) < 4.78 is 19.9. The summed E-state index contributed by atoms with van der Waals surface area (Å²) >= 11 is 6.83. The normalized spacial score (nSPS) is 11.6. The van der Waals surface area contributed by atoms with Crippen molar-refractivity contribution in [3.05, 3.63) is 28.5 Å². The second-order valence-corrected chi connectivity index (χ2v) is 5.68. The molecule has 1 nitrogen and oxygen atoms in total. The number of alkyl halides is 1. The number of benzene rings is 1. The third-order valence-corrected chi connectivity index (χ3v) is 4.89. The summed E-state index contributed by atoms with van der Waals surface area (Å²) in [6, 6.07) is 4.74. The van der Waals surface area contributed by atoms with E-state index in [4.69, 9.17) is 4.74 Å². The predicted octanol–water partition coefficient (Wildman–Crippen LogP) is 5.17. The van der Waals surface area contributed by atoms with Crippen LogP contribution in [0.1, 0.15) is 26.7 Å². The van der Waals surface area contributed by atoms with Crippen LogP contribution in [-0.4, -0.2) is 11.9 Å². The van der Waals surface area contributed by atoms with Gasteiger partial charge in [-0.1, -0.05) is 45.7 Å². The van der Waals surface area contributed by atoms with Gasteiger partial charge in [-0.05, 0) is 31.0 Å². The maximum Gasteiger partial charge on any atom is 0.165 e. The van der Waals surface area contributed by atoms with E-state index < -0.39 is 0 Å². The molecule has 0 spiro atoms. The van der Waals surface area contributed by atoms with Gasteiger partial charge < -0.3 is 4.74 Å². The largest absolute Gasteiger partial charge is 0.490 e. The van der Waals surface area contributed by atoms with Gasteiger partial charge in [0.2, 0.25) is 0 Å². The van der Waals surface area contributed by atoms with E-state index >= 15 is 0 Å². The van der Waals surface area contributed by atoms with Gasteiger partial charge in [0.15, 0.2) is 11.6 Å². The first kappa shape index (κ1) is 15.0. The highest BCUT2D eigenvalue weighted by atomic mass is 79.9. The third-order valence-electron chi connectivity index (χ3n) is 3.21. The van der Waals surface area contributed by atoms with Crippen LogP contribution in [-0.2, 0) is 0 Å². The summed E-state index contributed by atoms with van der Waals surface area (Å²) in [5, 5.41) is 0.864. The Balaban J connectivity index is 2.75. The summed E-state index contributed by atoms with van der Waals surface area (Å²) in [5.41, 5.74) is 0.0781. The zero-order valence-electron chi connectivity index (χ0n) is 10.1. The van der Waals surface area contributed by atoms with E-state index in [2.05, 4.69) is 45.7 Å². The number of rotatable bonds is 6. The maximum atomic E-state index is 13.5. The molecule has 1 aromatic carbocycles. The van der Waals surface area contributed by atoms with Gasteiger partial charge in [-0.25, -0.2) is 4.39 Å². The minimum absolute atomic E-state index is 0.0781. The first-order chi connectivity index (χ1) is 8.06. The Morgan fingerprint density at radius 2 is 1.94 bits per heavy atom. The Labute approximate surface area is 119 Å². The molecular formula is C13H17Br2FO. The molecule has 0 unspecified atom stereocenters. The number of hydrogen-bond donors (Lipinski definition) is 0. The summed E-state index contributed by atoms with van der Waals surface area (Å²) in [5.74, 6) is -0.00419. The fourth-order valence-corrected chi connectivity index (χ4v) is 2.80. The van der Waals surface area contributed by atoms with Gasteiger partial charge in [-0.2, -0.15) is 0 Å². The first-order valence-electron chi connectivity index (χ1n) is 5.70. The van der Waals surface area contributed by atoms with Crippen LogP contribution in [0.25, 0.3) is 0 Å². The second-order valence-electron chi connectivity index (χ2n) is 4.20. The van der Waals surface area contributed by atoms with Gasteiger partial charge in [-0.15, -0.1) is 0 Å². The van der Waals surface area contributed by atoms with Gasteiger partial charge >= 0.3 is 0 Å². The summed E-state index contributed by atoms with van der Waals surface area (Å²) in [4.78, 5) is 0. The van der Waals surface area contributed by atoms with Crippen LogP contribution in [0.3, 0.4) is 0 Å². The molecule has 0 heterocycles. The molecule has 1 rings (SSSR count). The molecule has 0 aliphatic carbocycles. The van der Waals surface area contributed by atoms with E-state index in [-0.39, 0.29) is 11.2 Å². The van der Waals surface area contributed by atoms with E-state index in [1.165, 1.54) is 6.07 Å². The molecule has 0 atom stereocenters. The molecule has 0 saturated carbocycles. The van der Waals surface area contributed by atoms with Crippen LogP contribution in [0, 0.1) is 11.2 Å². The second kappa shape index (κ2) is 6.74. The highest BCUT2D eigenvalue weighted by Crippen LogP contribution is 2.31. The summed E-state index contributed by atoms with van der Waals surface area (Å²) in [6.45, 7) is 4.79. The average Bonchev–Trinajstić information content (AvgIpc) is 2.35. The Kier molecular flexibility index (Phi) is 5.93. The molecule has 0 radical (unpaired) electrons. The van der Waals surface area contributed by atoms with Gasteiger partial charge in [0, 0.05) is 15.2 Å². The van der Waals surface area contributed by atoms with Gasteiger partial charge in [0.05, 0.1) is 6.61 Å². The van der Waals surface area contributed by atoms with Crippen molar-refractivity contribution in [2.75, 3.05) is 11.9 Å². The molecule has 0 fully saturated rings. The zero-order chi connectivity index (χ0) is 12.9. The predicted molar refractivity (Wildman–Crippen MR) is 76.4 cm³/mol. The van der Waals surface area contributed by atoms with Crippen LogP contribution < -0.4 is 4.74 Å². The lowest BCUT2D eigenvalue weighted by Gasteiger charge is -2.29. The quantitative estimate of drug-likeness (QED) is 0.630. The van der Waals surface area contributed by atoms with Crippen molar-refractivity contribution in [1.82, 2.24) is 0 Å². The minimum Gasteiger partial charge on any atom is -0.490 e. The smallest absolute Gasteiger partial charge is 0.165 e. The molecule has 0 bridgehead atoms. The molecular weight excluding hydrogens is 351 g/mol. The molecule has 0 aliphatic heterocycles. The van der Waals surface area contributed by atoms with Crippen LogP contribution in [0.2, 0.25) is 0 Å². The highest BCUT2D eigenvalue weighted by molar-refractivity contribution is 9.10. The van der Waals surface area contributed by atoms with Crippen molar-refractivity contribution in [2.24, 2.45) is 5.41 Å². The minimum atomic E-state index is -0.316. The zero-order valence-corrected chi connectivity index (χ0v) is 13.3. The number of ether oxygens (including phenoxy) is 1. The van der Waals surface area contributed by atoms with E-state index in [0.717, 1.165) is 22.6 Å². The van der Waals surface area contributed by atoms with Crippen molar-refractivity contribution < 1.29 is 9.13 Å². The topological polar surface area (TPSA) is 9.23 Å². The summed E-state index contributed by atoms with van der Waals surface area (Å²) in [7, 11) is 0. The maximum absolute atomic E-state index is 13.5. The van der Waals surface area contributed by atoms with Crippen molar-refractivity contribution in [3.63, 3.8) is 0 Å². The molecule has 0 N–H and O–H groups in total. The fraction of sp³-hybridized carbons (Fsp3) is 0.538. The lowest BCUT2D eigenvalue weighted by molar-refractivity contribution is 0.153. The third kappa shape index (κ3) is 3.95. The molecule has 0 saturated heterocycles. The Morgan fingerprint density at radius 3 is 2.47 bits per heavy atom. The van der Waals surface area contributed by atoms with Crippen LogP contribution in [0.15, 0.2) is 22.7 Å². The number of halogens is 3. The van der Waals surface area contributed by atoms with Crippen LogP contribution >= 0.6 is 31.9 Å². The van der Waals surface area contributed by atoms with E-state index in [0.29, 0.717) is 12.4 Å². The SMILES string of the molecule is CCC(CC)(CBr)COc1cc(Br)ccc1F. The van der Waals surface area contributed by atoms with Gasteiger partial charge in [0.25, 0.3) is 0 Å². The fourth-order valence-electron chi connectivity index (χ4n) is 1.50. The van der Waals surface area contributed by atoms with Crippen LogP contribution in [0.5, 0.6) is 5.75 Å². The lowest BCUT2D eigenvalue weighted by Crippen LogP contribution is -2.29. The molecule has 96 valence electrons. The molecule has 0 aromatic heterocycles. The summed E-state index contributed by atoms with van der Waals surface area (Å²) in [6.07, 6.45) is 2.01. The van der Waals surface area contributed by atoms with E-state index in [1.54, 1.807) is 12.1 Å². The van der Waals surface area contributed by atoms with Gasteiger partial charge in [0.1, 0.15) is 0 Å². The Bertz CT molecular complexity index is 356. The molecule has 0 aliphatic rings. The van der Waals surface area contributed by atoms with Crippen molar-refractivity contribution in [2.45, 2.75) is 26.7 Å². The highest BCUT2D eigenvalue weighted by Gasteiger charge is 2.26. The number of hydrogen-bond acceptors (Lipinski definition) is 1. The molecule has 17 heavy (non-hydrogen) atoms. The van der Waals surface area contributed by atoms with E-state index in [9.17, 15) is 4.39 Å². The van der Waals surface area contributed by atoms with Crippen LogP contribution in [0.4, 0.5) is 4.39 Å².